The third-order valence-corrected chi connectivity index (χ3v) is 5.16. The molecule has 2 aromatic carbocycles. The number of anilines is 1. The zero-order valence-corrected chi connectivity index (χ0v) is 12.9. The number of nitrogen functional groups attached to an aromatic ring is 1. The van der Waals surface area contributed by atoms with E-state index in [1.54, 1.807) is 0 Å². The highest BCUT2D eigenvalue weighted by molar-refractivity contribution is 7.85. The second-order valence-corrected chi connectivity index (χ2v) is 6.92. The van der Waals surface area contributed by atoms with Gasteiger partial charge in [-0.05, 0) is 48.2 Å². The Bertz CT molecular complexity index is 697. The number of hydrogen-bond acceptors (Lipinski definition) is 3. The molecule has 0 saturated heterocycles. The first kappa shape index (κ1) is 14.1. The number of fused-ring (bicyclic) bond motifs is 1. The predicted octanol–water partition coefficient (Wildman–Crippen LogP) is 2.86. The lowest BCUT2D eigenvalue weighted by molar-refractivity contribution is 0.357. The maximum atomic E-state index is 12.4. The summed E-state index contributed by atoms with van der Waals surface area (Å²) in [6, 6.07) is 11.9. The van der Waals surface area contributed by atoms with Crippen molar-refractivity contribution in [3.63, 3.8) is 0 Å². The van der Waals surface area contributed by atoms with Crippen molar-refractivity contribution < 1.29 is 8.95 Å². The molecule has 0 aliphatic carbocycles. The monoisotopic (exact) mass is 301 g/mol. The third kappa shape index (κ3) is 3.10. The topological polar surface area (TPSA) is 52.3 Å². The first-order valence-corrected chi connectivity index (χ1v) is 8.44. The molecule has 2 aromatic rings. The van der Waals surface area contributed by atoms with Crippen LogP contribution >= 0.6 is 0 Å². The van der Waals surface area contributed by atoms with Gasteiger partial charge < -0.3 is 10.5 Å². The molecule has 1 aliphatic heterocycles. The van der Waals surface area contributed by atoms with Crippen LogP contribution in [0, 0.1) is 6.92 Å². The molecule has 0 aromatic heterocycles. The van der Waals surface area contributed by atoms with E-state index in [0.29, 0.717) is 11.4 Å². The van der Waals surface area contributed by atoms with Crippen LogP contribution in [0.2, 0.25) is 0 Å². The fraction of sp³-hybridized carbons (Fsp3) is 0.294. The standard InChI is InChI=1S/C17H19NO2S/c1-12-2-4-15(18)17(10-12)21(19)9-7-13-3-5-16-14(11-13)6-8-20-16/h2-5,10-11H,6-9,18H2,1H3. The predicted molar refractivity (Wildman–Crippen MR) is 86.2 cm³/mol. The van der Waals surface area contributed by atoms with E-state index >= 15 is 0 Å². The van der Waals surface area contributed by atoms with Crippen molar-refractivity contribution in [2.24, 2.45) is 0 Å². The average molecular weight is 301 g/mol. The zero-order chi connectivity index (χ0) is 14.8. The second-order valence-electron chi connectivity index (χ2n) is 5.38. The van der Waals surface area contributed by atoms with Crippen molar-refractivity contribution in [2.45, 2.75) is 24.7 Å². The highest BCUT2D eigenvalue weighted by atomic mass is 32.2. The Morgan fingerprint density at radius 3 is 2.95 bits per heavy atom. The molecular formula is C17H19NO2S. The molecule has 1 unspecified atom stereocenters. The van der Waals surface area contributed by atoms with Crippen LogP contribution in [-0.2, 0) is 23.6 Å². The highest BCUT2D eigenvalue weighted by Crippen LogP contribution is 2.26. The van der Waals surface area contributed by atoms with Crippen LogP contribution in [0.5, 0.6) is 5.75 Å². The summed E-state index contributed by atoms with van der Waals surface area (Å²) >= 11 is 0. The van der Waals surface area contributed by atoms with Crippen molar-refractivity contribution in [2.75, 3.05) is 18.1 Å². The minimum Gasteiger partial charge on any atom is -0.493 e. The summed E-state index contributed by atoms with van der Waals surface area (Å²) in [5.41, 5.74) is 10.1. The molecule has 0 saturated carbocycles. The van der Waals surface area contributed by atoms with Crippen LogP contribution in [0.1, 0.15) is 16.7 Å². The van der Waals surface area contributed by atoms with E-state index in [9.17, 15) is 4.21 Å². The number of hydrogen-bond donors (Lipinski definition) is 1. The third-order valence-electron chi connectivity index (χ3n) is 3.74. The largest absolute Gasteiger partial charge is 0.493 e. The van der Waals surface area contributed by atoms with Gasteiger partial charge in [-0.2, -0.15) is 0 Å². The molecule has 21 heavy (non-hydrogen) atoms. The lowest BCUT2D eigenvalue weighted by atomic mass is 10.1. The molecule has 0 amide bonds. The van der Waals surface area contributed by atoms with Crippen molar-refractivity contribution in [3.05, 3.63) is 53.1 Å². The van der Waals surface area contributed by atoms with Crippen LogP contribution in [0.3, 0.4) is 0 Å². The van der Waals surface area contributed by atoms with Crippen molar-refractivity contribution in [1.82, 2.24) is 0 Å². The molecule has 0 fully saturated rings. The molecule has 0 bridgehead atoms. The van der Waals surface area contributed by atoms with E-state index in [0.717, 1.165) is 35.7 Å². The van der Waals surface area contributed by atoms with Gasteiger partial charge in [0, 0.05) is 17.9 Å². The van der Waals surface area contributed by atoms with E-state index in [-0.39, 0.29) is 0 Å². The van der Waals surface area contributed by atoms with E-state index < -0.39 is 10.8 Å². The van der Waals surface area contributed by atoms with Gasteiger partial charge in [0.15, 0.2) is 0 Å². The second kappa shape index (κ2) is 5.90. The van der Waals surface area contributed by atoms with Gasteiger partial charge in [0.05, 0.1) is 22.3 Å². The van der Waals surface area contributed by atoms with Crippen LogP contribution < -0.4 is 10.5 Å². The van der Waals surface area contributed by atoms with Crippen LogP contribution in [0.15, 0.2) is 41.3 Å². The van der Waals surface area contributed by atoms with E-state index in [1.165, 1.54) is 11.1 Å². The highest BCUT2D eigenvalue weighted by Gasteiger charge is 2.13. The number of benzene rings is 2. The molecule has 1 heterocycles. The molecule has 110 valence electrons. The Kier molecular flexibility index (Phi) is 3.97. The lowest BCUT2D eigenvalue weighted by Gasteiger charge is -2.08. The van der Waals surface area contributed by atoms with Gasteiger partial charge in [0.2, 0.25) is 0 Å². The summed E-state index contributed by atoms with van der Waals surface area (Å²) in [4.78, 5) is 0.750. The smallest absolute Gasteiger partial charge is 0.122 e. The number of rotatable bonds is 4. The molecule has 0 spiro atoms. The molecule has 3 nitrogen and oxygen atoms in total. The summed E-state index contributed by atoms with van der Waals surface area (Å²) in [6.45, 7) is 2.76. The summed E-state index contributed by atoms with van der Waals surface area (Å²) in [7, 11) is -1.06. The Labute approximate surface area is 127 Å². The Morgan fingerprint density at radius 1 is 1.24 bits per heavy atom. The van der Waals surface area contributed by atoms with Crippen molar-refractivity contribution >= 4 is 16.5 Å². The van der Waals surface area contributed by atoms with Crippen LogP contribution in [0.4, 0.5) is 5.69 Å². The summed E-state index contributed by atoms with van der Waals surface area (Å²) in [5, 5.41) is 0. The van der Waals surface area contributed by atoms with E-state index in [1.807, 2.05) is 31.2 Å². The summed E-state index contributed by atoms with van der Waals surface area (Å²) in [5.74, 6) is 1.58. The Hall–Kier alpha value is -1.81. The van der Waals surface area contributed by atoms with Gasteiger partial charge in [-0.15, -0.1) is 0 Å². The van der Waals surface area contributed by atoms with Gasteiger partial charge >= 0.3 is 0 Å². The van der Waals surface area contributed by atoms with Crippen molar-refractivity contribution in [1.29, 1.82) is 0 Å². The first-order valence-electron chi connectivity index (χ1n) is 7.12. The molecule has 1 atom stereocenters. The fourth-order valence-electron chi connectivity index (χ4n) is 2.55. The van der Waals surface area contributed by atoms with E-state index in [2.05, 4.69) is 12.1 Å². The number of ether oxygens (including phenoxy) is 1. The van der Waals surface area contributed by atoms with Crippen LogP contribution in [0.25, 0.3) is 0 Å². The first-order chi connectivity index (χ1) is 10.1. The number of nitrogens with two attached hydrogens (primary N) is 1. The molecule has 3 rings (SSSR count). The molecule has 0 radical (unpaired) electrons. The summed E-state index contributed by atoms with van der Waals surface area (Å²) < 4.78 is 17.9. The van der Waals surface area contributed by atoms with Gasteiger partial charge in [0.25, 0.3) is 0 Å². The van der Waals surface area contributed by atoms with Gasteiger partial charge in [-0.3, -0.25) is 4.21 Å². The fourth-order valence-corrected chi connectivity index (χ4v) is 3.84. The molecule has 1 aliphatic rings. The minimum absolute atomic E-state index is 0.591. The Balaban J connectivity index is 1.70. The average Bonchev–Trinajstić information content (AvgIpc) is 2.94. The lowest BCUT2D eigenvalue weighted by Crippen LogP contribution is -2.05. The van der Waals surface area contributed by atoms with E-state index in [4.69, 9.17) is 10.5 Å². The minimum atomic E-state index is -1.06. The summed E-state index contributed by atoms with van der Waals surface area (Å²) in [6.07, 6.45) is 1.75. The quantitative estimate of drug-likeness (QED) is 0.884. The molecule has 4 heteroatoms. The van der Waals surface area contributed by atoms with Gasteiger partial charge in [-0.1, -0.05) is 18.2 Å². The maximum absolute atomic E-state index is 12.4. The Morgan fingerprint density at radius 2 is 2.10 bits per heavy atom. The zero-order valence-electron chi connectivity index (χ0n) is 12.1. The SMILES string of the molecule is Cc1ccc(N)c(S(=O)CCc2ccc3c(c2)CCO3)c1. The van der Waals surface area contributed by atoms with Gasteiger partial charge in [0.1, 0.15) is 5.75 Å². The van der Waals surface area contributed by atoms with Crippen molar-refractivity contribution in [3.8, 4) is 5.75 Å². The molecule has 2 N–H and O–H groups in total. The van der Waals surface area contributed by atoms with Gasteiger partial charge in [-0.25, -0.2) is 0 Å². The maximum Gasteiger partial charge on any atom is 0.122 e. The number of aryl methyl sites for hydroxylation is 2. The van der Waals surface area contributed by atoms with Crippen LogP contribution in [-0.4, -0.2) is 16.6 Å². The normalized spacial score (nSPS) is 14.5. The molecular weight excluding hydrogens is 282 g/mol.